The largest absolute Gasteiger partial charge is 0.461 e. The monoisotopic (exact) mass is 373 g/mol. The van der Waals surface area contributed by atoms with Crippen LogP contribution in [0, 0.1) is 0 Å². The van der Waals surface area contributed by atoms with Gasteiger partial charge in [0.05, 0.1) is 12.8 Å². The minimum absolute atomic E-state index is 0.239. The van der Waals surface area contributed by atoms with E-state index in [-0.39, 0.29) is 6.79 Å². The molecule has 1 aliphatic rings. The Balaban J connectivity index is 1.64. The second-order valence-electron chi connectivity index (χ2n) is 5.91. The van der Waals surface area contributed by atoms with Crippen LogP contribution >= 0.6 is 11.8 Å². The van der Waals surface area contributed by atoms with Crippen molar-refractivity contribution >= 4 is 11.8 Å². The SMILES string of the molecule is CSCC[C@@H](O)c1nc(-c2ccco2)nn1Cc1ccc2c(c1)OCO2. The first-order valence-electron chi connectivity index (χ1n) is 8.29. The molecule has 1 atom stereocenters. The molecule has 0 bridgehead atoms. The Kier molecular flexibility index (Phi) is 4.85. The number of aromatic nitrogens is 3. The first-order valence-corrected chi connectivity index (χ1v) is 9.68. The van der Waals surface area contributed by atoms with E-state index in [1.165, 1.54) is 0 Å². The predicted molar refractivity (Wildman–Crippen MR) is 97.3 cm³/mol. The molecule has 1 aliphatic heterocycles. The van der Waals surface area contributed by atoms with E-state index in [1.807, 2.05) is 24.5 Å². The first kappa shape index (κ1) is 17.0. The molecule has 0 aliphatic carbocycles. The molecule has 26 heavy (non-hydrogen) atoms. The standard InChI is InChI=1S/C18H19N3O4S/c1-26-8-6-13(22)18-19-17(15-3-2-7-23-15)20-21(18)10-12-4-5-14-16(9-12)25-11-24-14/h2-5,7,9,13,22H,6,8,10-11H2,1H3/t13-/m1/s1. The highest BCUT2D eigenvalue weighted by Gasteiger charge is 2.21. The average Bonchev–Trinajstić information content (AvgIpc) is 3.38. The summed E-state index contributed by atoms with van der Waals surface area (Å²) in [6.45, 7) is 0.708. The summed E-state index contributed by atoms with van der Waals surface area (Å²) in [5.74, 6) is 3.88. The van der Waals surface area contributed by atoms with Crippen molar-refractivity contribution in [2.45, 2.75) is 19.1 Å². The van der Waals surface area contributed by atoms with Crippen LogP contribution < -0.4 is 9.47 Å². The third-order valence-electron chi connectivity index (χ3n) is 4.10. The maximum Gasteiger partial charge on any atom is 0.231 e. The van der Waals surface area contributed by atoms with E-state index in [2.05, 4.69) is 10.1 Å². The molecule has 0 amide bonds. The molecule has 0 unspecified atom stereocenters. The molecule has 0 saturated heterocycles. The van der Waals surface area contributed by atoms with Gasteiger partial charge in [0.1, 0.15) is 6.10 Å². The maximum atomic E-state index is 10.6. The van der Waals surface area contributed by atoms with Crippen molar-refractivity contribution < 1.29 is 19.0 Å². The number of benzene rings is 1. The zero-order chi connectivity index (χ0) is 17.9. The highest BCUT2D eigenvalue weighted by atomic mass is 32.2. The highest BCUT2D eigenvalue weighted by Crippen LogP contribution is 2.33. The van der Waals surface area contributed by atoms with Gasteiger partial charge in [-0.15, -0.1) is 5.10 Å². The van der Waals surface area contributed by atoms with Crippen LogP contribution in [0.4, 0.5) is 0 Å². The maximum absolute atomic E-state index is 10.6. The van der Waals surface area contributed by atoms with E-state index in [9.17, 15) is 5.11 Å². The quantitative estimate of drug-likeness (QED) is 0.681. The topological polar surface area (TPSA) is 82.5 Å². The van der Waals surface area contributed by atoms with Crippen LogP contribution in [0.5, 0.6) is 11.5 Å². The summed E-state index contributed by atoms with van der Waals surface area (Å²) in [7, 11) is 0. The van der Waals surface area contributed by atoms with Gasteiger partial charge in [-0.1, -0.05) is 6.07 Å². The Hall–Kier alpha value is -2.45. The predicted octanol–water partition coefficient (Wildman–Crippen LogP) is 3.10. The van der Waals surface area contributed by atoms with Crippen LogP contribution in [0.25, 0.3) is 11.6 Å². The minimum atomic E-state index is -0.687. The molecule has 0 radical (unpaired) electrons. The smallest absolute Gasteiger partial charge is 0.231 e. The lowest BCUT2D eigenvalue weighted by Crippen LogP contribution is -2.12. The van der Waals surface area contributed by atoms with Gasteiger partial charge in [0.15, 0.2) is 23.1 Å². The normalized spacial score (nSPS) is 13.9. The summed E-state index contributed by atoms with van der Waals surface area (Å²) in [4.78, 5) is 4.52. The van der Waals surface area contributed by atoms with Gasteiger partial charge < -0.3 is 19.0 Å². The van der Waals surface area contributed by atoms with Gasteiger partial charge in [0.2, 0.25) is 12.6 Å². The second-order valence-corrected chi connectivity index (χ2v) is 6.90. The fraction of sp³-hybridized carbons (Fsp3) is 0.333. The highest BCUT2D eigenvalue weighted by molar-refractivity contribution is 7.98. The number of thioether (sulfide) groups is 1. The molecule has 8 heteroatoms. The number of rotatable bonds is 7. The molecule has 1 N–H and O–H groups in total. The van der Waals surface area contributed by atoms with Gasteiger partial charge in [-0.05, 0) is 48.3 Å². The Morgan fingerprint density at radius 1 is 1.27 bits per heavy atom. The molecule has 3 heterocycles. The summed E-state index contributed by atoms with van der Waals surface area (Å²) in [6, 6.07) is 9.36. The Labute approximate surface area is 154 Å². The molecule has 4 rings (SSSR count). The van der Waals surface area contributed by atoms with Crippen LogP contribution in [0.3, 0.4) is 0 Å². The summed E-state index contributed by atoms with van der Waals surface area (Å²) in [5.41, 5.74) is 0.989. The Morgan fingerprint density at radius 3 is 2.96 bits per heavy atom. The summed E-state index contributed by atoms with van der Waals surface area (Å²) in [5, 5.41) is 15.1. The second kappa shape index (κ2) is 7.43. The summed E-state index contributed by atoms with van der Waals surface area (Å²) in [6.07, 6.45) is 3.52. The number of aliphatic hydroxyl groups excluding tert-OH is 1. The molecule has 7 nitrogen and oxygen atoms in total. The van der Waals surface area contributed by atoms with Crippen molar-refractivity contribution in [3.63, 3.8) is 0 Å². The molecule has 0 spiro atoms. The van der Waals surface area contributed by atoms with Crippen molar-refractivity contribution in [1.29, 1.82) is 0 Å². The number of furan rings is 1. The fourth-order valence-electron chi connectivity index (χ4n) is 2.80. The third kappa shape index (κ3) is 3.42. The van der Waals surface area contributed by atoms with Gasteiger partial charge in [-0.2, -0.15) is 11.8 Å². The lowest BCUT2D eigenvalue weighted by Gasteiger charge is -2.11. The average molecular weight is 373 g/mol. The third-order valence-corrected chi connectivity index (χ3v) is 4.75. The van der Waals surface area contributed by atoms with Crippen LogP contribution in [0.2, 0.25) is 0 Å². The Bertz CT molecular complexity index is 879. The fourth-order valence-corrected chi connectivity index (χ4v) is 3.26. The molecule has 0 saturated carbocycles. The summed E-state index contributed by atoms with van der Waals surface area (Å²) < 4.78 is 17.9. The molecule has 3 aromatic rings. The van der Waals surface area contributed by atoms with E-state index in [0.29, 0.717) is 30.4 Å². The number of nitrogens with zero attached hydrogens (tertiary/aromatic N) is 3. The molecular weight excluding hydrogens is 354 g/mol. The van der Waals surface area contributed by atoms with Crippen molar-refractivity contribution in [3.05, 3.63) is 48.0 Å². The van der Waals surface area contributed by atoms with Crippen LogP contribution in [0.15, 0.2) is 41.0 Å². The molecule has 0 fully saturated rings. The lowest BCUT2D eigenvalue weighted by molar-refractivity contribution is 0.159. The Morgan fingerprint density at radius 2 is 2.15 bits per heavy atom. The zero-order valence-electron chi connectivity index (χ0n) is 14.3. The van der Waals surface area contributed by atoms with Gasteiger partial charge in [-0.25, -0.2) is 9.67 Å². The van der Waals surface area contributed by atoms with E-state index in [0.717, 1.165) is 22.8 Å². The minimum Gasteiger partial charge on any atom is -0.461 e. The van der Waals surface area contributed by atoms with Crippen molar-refractivity contribution in [3.8, 4) is 23.1 Å². The lowest BCUT2D eigenvalue weighted by atomic mass is 10.2. The van der Waals surface area contributed by atoms with Crippen molar-refractivity contribution in [2.24, 2.45) is 0 Å². The van der Waals surface area contributed by atoms with E-state index < -0.39 is 6.10 Å². The molecule has 2 aromatic heterocycles. The van der Waals surface area contributed by atoms with Gasteiger partial charge >= 0.3 is 0 Å². The number of fused-ring (bicyclic) bond motifs is 1. The van der Waals surface area contributed by atoms with Crippen LogP contribution in [-0.4, -0.2) is 38.7 Å². The zero-order valence-corrected chi connectivity index (χ0v) is 15.1. The van der Waals surface area contributed by atoms with Crippen LogP contribution in [-0.2, 0) is 6.54 Å². The number of ether oxygens (including phenoxy) is 2. The van der Waals surface area contributed by atoms with E-state index in [4.69, 9.17) is 13.9 Å². The molecule has 136 valence electrons. The van der Waals surface area contributed by atoms with Crippen LogP contribution in [0.1, 0.15) is 23.9 Å². The number of aliphatic hydroxyl groups is 1. The van der Waals surface area contributed by atoms with Crippen molar-refractivity contribution in [2.75, 3.05) is 18.8 Å². The van der Waals surface area contributed by atoms with Crippen molar-refractivity contribution in [1.82, 2.24) is 14.8 Å². The summed E-state index contributed by atoms with van der Waals surface area (Å²) >= 11 is 1.69. The van der Waals surface area contributed by atoms with E-state index in [1.54, 1.807) is 34.8 Å². The number of hydrogen-bond donors (Lipinski definition) is 1. The van der Waals surface area contributed by atoms with Gasteiger partial charge in [0.25, 0.3) is 0 Å². The first-order chi connectivity index (χ1) is 12.7. The van der Waals surface area contributed by atoms with Gasteiger partial charge in [0, 0.05) is 0 Å². The van der Waals surface area contributed by atoms with E-state index >= 15 is 0 Å². The van der Waals surface area contributed by atoms with Gasteiger partial charge in [-0.3, -0.25) is 0 Å². The molecule has 1 aromatic carbocycles. The molecular formula is C18H19N3O4S. The number of hydrogen-bond acceptors (Lipinski definition) is 7.